The molecule has 1 aliphatic carbocycles. The first-order valence-corrected chi connectivity index (χ1v) is 7.10. The number of nitrogens with one attached hydrogen (secondary N) is 1. The van der Waals surface area contributed by atoms with Crippen LogP contribution in [0.25, 0.3) is 0 Å². The lowest BCUT2D eigenvalue weighted by molar-refractivity contribution is -0.132. The second-order valence-electron chi connectivity index (χ2n) is 6.10. The lowest BCUT2D eigenvalue weighted by atomic mass is 9.64. The summed E-state index contributed by atoms with van der Waals surface area (Å²) in [5.74, 6) is 0.0841. The maximum absolute atomic E-state index is 12.0. The largest absolute Gasteiger partial charge is 0.399 e. The molecule has 1 aromatic rings. The van der Waals surface area contributed by atoms with Crippen LogP contribution in [0.4, 0.5) is 5.69 Å². The Hall–Kier alpha value is -1.26. The van der Waals surface area contributed by atoms with Crippen molar-refractivity contribution in [2.75, 3.05) is 12.8 Å². The van der Waals surface area contributed by atoms with Crippen LogP contribution < -0.4 is 11.1 Å². The zero-order valence-corrected chi connectivity index (χ0v) is 13.7. The predicted octanol–water partition coefficient (Wildman–Crippen LogP) is 2.55. The number of anilines is 1. The number of methoxy groups -OCH3 is 1. The van der Waals surface area contributed by atoms with E-state index >= 15 is 0 Å². The number of amides is 1. The fourth-order valence-electron chi connectivity index (χ4n) is 2.81. The molecule has 2 rings (SSSR count). The molecular weight excluding hydrogens is 288 g/mol. The Kier molecular flexibility index (Phi) is 6.05. The van der Waals surface area contributed by atoms with Gasteiger partial charge in [0.1, 0.15) is 0 Å². The van der Waals surface area contributed by atoms with Crippen LogP contribution in [0.3, 0.4) is 0 Å². The van der Waals surface area contributed by atoms with E-state index < -0.39 is 0 Å². The van der Waals surface area contributed by atoms with Gasteiger partial charge in [-0.25, -0.2) is 0 Å². The number of benzene rings is 1. The molecule has 4 nitrogen and oxygen atoms in total. The summed E-state index contributed by atoms with van der Waals surface area (Å²) in [6, 6.07) is 7.89. The van der Waals surface area contributed by atoms with Crippen molar-refractivity contribution < 1.29 is 9.53 Å². The van der Waals surface area contributed by atoms with Crippen molar-refractivity contribution in [1.82, 2.24) is 5.32 Å². The van der Waals surface area contributed by atoms with E-state index in [1.54, 1.807) is 7.11 Å². The molecule has 1 aliphatic rings. The number of hydrogen-bond acceptors (Lipinski definition) is 3. The number of ether oxygens (including phenoxy) is 1. The third-order valence-corrected chi connectivity index (χ3v) is 4.47. The van der Waals surface area contributed by atoms with Crippen LogP contribution in [-0.2, 0) is 16.0 Å². The second kappa shape index (κ2) is 7.14. The molecule has 1 aromatic carbocycles. The normalized spacial score (nSPS) is 22.8. The number of rotatable bonds is 5. The minimum absolute atomic E-state index is 0. The summed E-state index contributed by atoms with van der Waals surface area (Å²) in [5, 5.41) is 3.10. The van der Waals surface area contributed by atoms with E-state index in [-0.39, 0.29) is 35.9 Å². The first kappa shape index (κ1) is 17.8. The Morgan fingerprint density at radius 2 is 2.10 bits per heavy atom. The van der Waals surface area contributed by atoms with Crippen LogP contribution >= 0.6 is 12.4 Å². The van der Waals surface area contributed by atoms with Gasteiger partial charge in [0, 0.05) is 30.7 Å². The van der Waals surface area contributed by atoms with Gasteiger partial charge in [-0.15, -0.1) is 12.4 Å². The van der Waals surface area contributed by atoms with Gasteiger partial charge >= 0.3 is 0 Å². The van der Waals surface area contributed by atoms with Gasteiger partial charge in [-0.2, -0.15) is 0 Å². The zero-order chi connectivity index (χ0) is 14.8. The number of para-hydroxylation sites is 1. The molecule has 0 spiro atoms. The summed E-state index contributed by atoms with van der Waals surface area (Å²) in [7, 11) is 1.72. The van der Waals surface area contributed by atoms with E-state index in [2.05, 4.69) is 19.2 Å². The quantitative estimate of drug-likeness (QED) is 0.821. The maximum atomic E-state index is 12.0. The van der Waals surface area contributed by atoms with E-state index in [1.165, 1.54) is 0 Å². The highest BCUT2D eigenvalue weighted by atomic mass is 35.5. The number of carbonyl (C=O) groups excluding carboxylic acids is 1. The Labute approximate surface area is 132 Å². The van der Waals surface area contributed by atoms with Crippen LogP contribution in [-0.4, -0.2) is 25.2 Å². The molecule has 2 atom stereocenters. The zero-order valence-electron chi connectivity index (χ0n) is 12.9. The number of carbonyl (C=O) groups is 1. The van der Waals surface area contributed by atoms with Crippen molar-refractivity contribution >= 4 is 24.0 Å². The topological polar surface area (TPSA) is 64.3 Å². The van der Waals surface area contributed by atoms with Crippen molar-refractivity contribution in [3.63, 3.8) is 0 Å². The summed E-state index contributed by atoms with van der Waals surface area (Å²) < 4.78 is 5.39. The SMILES string of the molecule is COC1CC(NC(=O)CCc2ccccc2N)C1(C)C.Cl. The molecule has 0 saturated heterocycles. The lowest BCUT2D eigenvalue weighted by Gasteiger charge is -2.51. The van der Waals surface area contributed by atoms with Crippen molar-refractivity contribution in [1.29, 1.82) is 0 Å². The Morgan fingerprint density at radius 1 is 1.43 bits per heavy atom. The van der Waals surface area contributed by atoms with Gasteiger partial charge in [0.05, 0.1) is 6.10 Å². The van der Waals surface area contributed by atoms with E-state index in [0.717, 1.165) is 17.7 Å². The minimum atomic E-state index is 0. The highest BCUT2D eigenvalue weighted by Gasteiger charge is 2.49. The van der Waals surface area contributed by atoms with Crippen molar-refractivity contribution in [2.24, 2.45) is 5.41 Å². The number of halogens is 1. The summed E-state index contributed by atoms with van der Waals surface area (Å²) in [6.45, 7) is 4.26. The van der Waals surface area contributed by atoms with E-state index in [0.29, 0.717) is 12.8 Å². The summed E-state index contributed by atoms with van der Waals surface area (Å²) in [6.07, 6.45) is 2.28. The first-order chi connectivity index (χ1) is 9.45. The second-order valence-corrected chi connectivity index (χ2v) is 6.10. The molecule has 0 aliphatic heterocycles. The summed E-state index contributed by atoms with van der Waals surface area (Å²) >= 11 is 0. The average Bonchev–Trinajstić information content (AvgIpc) is 2.42. The molecule has 2 unspecified atom stereocenters. The summed E-state index contributed by atoms with van der Waals surface area (Å²) in [5.41, 5.74) is 7.67. The molecule has 0 radical (unpaired) electrons. The van der Waals surface area contributed by atoms with Gasteiger partial charge in [0.15, 0.2) is 0 Å². The Balaban J connectivity index is 0.00000220. The van der Waals surface area contributed by atoms with Gasteiger partial charge in [0.25, 0.3) is 0 Å². The molecule has 0 aromatic heterocycles. The number of nitrogen functional groups attached to an aromatic ring is 1. The third kappa shape index (κ3) is 3.89. The minimum Gasteiger partial charge on any atom is -0.399 e. The molecule has 0 bridgehead atoms. The Bertz CT molecular complexity index is 491. The third-order valence-electron chi connectivity index (χ3n) is 4.47. The van der Waals surface area contributed by atoms with E-state index in [9.17, 15) is 4.79 Å². The van der Waals surface area contributed by atoms with Gasteiger partial charge in [0.2, 0.25) is 5.91 Å². The van der Waals surface area contributed by atoms with Crippen LogP contribution in [0.15, 0.2) is 24.3 Å². The monoisotopic (exact) mass is 312 g/mol. The van der Waals surface area contributed by atoms with Gasteiger partial charge in [-0.1, -0.05) is 32.0 Å². The average molecular weight is 313 g/mol. The molecule has 3 N–H and O–H groups in total. The predicted molar refractivity (Wildman–Crippen MR) is 87.5 cm³/mol. The molecule has 1 saturated carbocycles. The van der Waals surface area contributed by atoms with E-state index in [1.807, 2.05) is 24.3 Å². The fraction of sp³-hybridized carbons (Fsp3) is 0.562. The maximum Gasteiger partial charge on any atom is 0.220 e. The standard InChI is InChI=1S/C16H24N2O2.ClH/c1-16(2)13(10-14(16)20-3)18-15(19)9-8-11-6-4-5-7-12(11)17;/h4-7,13-14H,8-10,17H2,1-3H3,(H,18,19);1H. The molecule has 1 fully saturated rings. The van der Waals surface area contributed by atoms with Crippen molar-refractivity contribution in [3.05, 3.63) is 29.8 Å². The molecular formula is C16H25ClN2O2. The van der Waals surface area contributed by atoms with Gasteiger partial charge in [-0.05, 0) is 24.5 Å². The highest BCUT2D eigenvalue weighted by molar-refractivity contribution is 5.85. The molecule has 118 valence electrons. The Morgan fingerprint density at radius 3 is 2.67 bits per heavy atom. The van der Waals surface area contributed by atoms with Crippen molar-refractivity contribution in [3.8, 4) is 0 Å². The van der Waals surface area contributed by atoms with Crippen LogP contribution in [0.1, 0.15) is 32.3 Å². The highest BCUT2D eigenvalue weighted by Crippen LogP contribution is 2.42. The van der Waals surface area contributed by atoms with Gasteiger partial charge < -0.3 is 15.8 Å². The smallest absolute Gasteiger partial charge is 0.220 e. The molecule has 5 heteroatoms. The lowest BCUT2D eigenvalue weighted by Crippen LogP contribution is -2.61. The van der Waals surface area contributed by atoms with Gasteiger partial charge in [-0.3, -0.25) is 4.79 Å². The van der Waals surface area contributed by atoms with Crippen LogP contribution in [0.2, 0.25) is 0 Å². The van der Waals surface area contributed by atoms with Crippen LogP contribution in [0.5, 0.6) is 0 Å². The summed E-state index contributed by atoms with van der Waals surface area (Å²) in [4.78, 5) is 12.0. The van der Waals surface area contributed by atoms with E-state index in [4.69, 9.17) is 10.5 Å². The molecule has 21 heavy (non-hydrogen) atoms. The number of nitrogens with two attached hydrogens (primary N) is 1. The molecule has 0 heterocycles. The first-order valence-electron chi connectivity index (χ1n) is 7.10. The number of aryl methyl sites for hydroxylation is 1. The van der Waals surface area contributed by atoms with Crippen LogP contribution in [0, 0.1) is 5.41 Å². The number of hydrogen-bond donors (Lipinski definition) is 2. The fourth-order valence-corrected chi connectivity index (χ4v) is 2.81. The van der Waals surface area contributed by atoms with Crippen molar-refractivity contribution in [2.45, 2.75) is 45.3 Å². The molecule has 1 amide bonds.